The summed E-state index contributed by atoms with van der Waals surface area (Å²) < 4.78 is 0. The number of likely N-dealkylation sites (N-methyl/N-ethyl adjacent to an activating group) is 1. The highest BCUT2D eigenvalue weighted by molar-refractivity contribution is 5.90. The van der Waals surface area contributed by atoms with Crippen LogP contribution in [0.5, 0.6) is 0 Å². The SMILES string of the molecule is CCC(=O)Nc1ccc(C(O)C(NC)C(C)C)cc1. The van der Waals surface area contributed by atoms with Gasteiger partial charge in [-0.15, -0.1) is 0 Å². The van der Waals surface area contributed by atoms with Crippen LogP contribution in [0.3, 0.4) is 0 Å². The van der Waals surface area contributed by atoms with Crippen molar-refractivity contribution in [2.45, 2.75) is 39.3 Å². The third-order valence-electron chi connectivity index (χ3n) is 3.25. The third kappa shape index (κ3) is 4.33. The van der Waals surface area contributed by atoms with Gasteiger partial charge in [0.15, 0.2) is 0 Å². The molecule has 4 heteroatoms. The summed E-state index contributed by atoms with van der Waals surface area (Å²) in [5.41, 5.74) is 1.61. The normalized spacial score (nSPS) is 14.2. The third-order valence-corrected chi connectivity index (χ3v) is 3.25. The molecule has 0 heterocycles. The molecule has 0 saturated heterocycles. The van der Waals surface area contributed by atoms with Gasteiger partial charge in [0.25, 0.3) is 0 Å². The average Bonchev–Trinajstić information content (AvgIpc) is 2.39. The summed E-state index contributed by atoms with van der Waals surface area (Å²) in [6.07, 6.45) is -0.0968. The molecule has 2 unspecified atom stereocenters. The molecule has 0 radical (unpaired) electrons. The maximum atomic E-state index is 11.3. The quantitative estimate of drug-likeness (QED) is 0.739. The second-order valence-corrected chi connectivity index (χ2v) is 5.03. The highest BCUT2D eigenvalue weighted by Crippen LogP contribution is 2.23. The first-order chi connectivity index (χ1) is 8.99. The first-order valence-electron chi connectivity index (χ1n) is 6.74. The second-order valence-electron chi connectivity index (χ2n) is 5.03. The lowest BCUT2D eigenvalue weighted by molar-refractivity contribution is -0.115. The highest BCUT2D eigenvalue weighted by atomic mass is 16.3. The molecule has 2 atom stereocenters. The van der Waals surface area contributed by atoms with Crippen LogP contribution in [0.1, 0.15) is 38.9 Å². The van der Waals surface area contributed by atoms with Gasteiger partial charge in [0.05, 0.1) is 6.10 Å². The molecule has 0 fully saturated rings. The molecule has 0 aliphatic heterocycles. The largest absolute Gasteiger partial charge is 0.387 e. The molecule has 1 aromatic rings. The minimum absolute atomic E-state index is 0.0103. The number of carbonyl (C=O) groups excluding carboxylic acids is 1. The van der Waals surface area contributed by atoms with Crippen LogP contribution in [0, 0.1) is 5.92 Å². The number of benzene rings is 1. The van der Waals surface area contributed by atoms with Crippen molar-refractivity contribution in [2.75, 3.05) is 12.4 Å². The van der Waals surface area contributed by atoms with E-state index < -0.39 is 6.10 Å². The average molecular weight is 264 g/mol. The minimum atomic E-state index is -0.555. The maximum Gasteiger partial charge on any atom is 0.224 e. The molecule has 0 spiro atoms. The van der Waals surface area contributed by atoms with Crippen molar-refractivity contribution in [1.82, 2.24) is 5.32 Å². The number of carbonyl (C=O) groups is 1. The molecule has 19 heavy (non-hydrogen) atoms. The topological polar surface area (TPSA) is 61.4 Å². The van der Waals surface area contributed by atoms with Crippen molar-refractivity contribution in [2.24, 2.45) is 5.92 Å². The second kappa shape index (κ2) is 7.26. The number of rotatable bonds is 6. The molecule has 1 rings (SSSR count). The molecule has 0 aromatic heterocycles. The first kappa shape index (κ1) is 15.7. The van der Waals surface area contributed by atoms with Gasteiger partial charge in [-0.2, -0.15) is 0 Å². The van der Waals surface area contributed by atoms with E-state index in [0.717, 1.165) is 11.3 Å². The number of hydrogen-bond acceptors (Lipinski definition) is 3. The van der Waals surface area contributed by atoms with E-state index >= 15 is 0 Å². The lowest BCUT2D eigenvalue weighted by Gasteiger charge is -2.26. The van der Waals surface area contributed by atoms with E-state index in [1.54, 1.807) is 0 Å². The van der Waals surface area contributed by atoms with Gasteiger partial charge in [0.1, 0.15) is 0 Å². The van der Waals surface area contributed by atoms with Gasteiger partial charge in [0.2, 0.25) is 5.91 Å². The maximum absolute atomic E-state index is 11.3. The summed E-state index contributed by atoms with van der Waals surface area (Å²) >= 11 is 0. The fourth-order valence-electron chi connectivity index (χ4n) is 2.08. The number of anilines is 1. The fraction of sp³-hybridized carbons (Fsp3) is 0.533. The Morgan fingerprint density at radius 1 is 1.26 bits per heavy atom. The van der Waals surface area contributed by atoms with Crippen LogP contribution in [0.2, 0.25) is 0 Å². The summed E-state index contributed by atoms with van der Waals surface area (Å²) in [6, 6.07) is 7.35. The van der Waals surface area contributed by atoms with E-state index in [1.165, 1.54) is 0 Å². The van der Waals surface area contributed by atoms with Gasteiger partial charge in [-0.05, 0) is 30.7 Å². The Balaban J connectivity index is 2.77. The van der Waals surface area contributed by atoms with Crippen LogP contribution in [-0.4, -0.2) is 24.1 Å². The number of aliphatic hydroxyl groups excluding tert-OH is 1. The van der Waals surface area contributed by atoms with Gasteiger partial charge >= 0.3 is 0 Å². The number of aliphatic hydroxyl groups is 1. The Hall–Kier alpha value is -1.39. The van der Waals surface area contributed by atoms with Crippen molar-refractivity contribution in [1.29, 1.82) is 0 Å². The Labute approximate surface area is 115 Å². The Morgan fingerprint density at radius 2 is 1.84 bits per heavy atom. The Bertz CT molecular complexity index is 401. The summed E-state index contributed by atoms with van der Waals surface area (Å²) in [6.45, 7) is 5.95. The minimum Gasteiger partial charge on any atom is -0.387 e. The zero-order chi connectivity index (χ0) is 14.4. The number of amides is 1. The van der Waals surface area contributed by atoms with Crippen LogP contribution in [0.25, 0.3) is 0 Å². The van der Waals surface area contributed by atoms with E-state index in [-0.39, 0.29) is 11.9 Å². The molecule has 0 aliphatic rings. The van der Waals surface area contributed by atoms with Crippen LogP contribution >= 0.6 is 0 Å². The van der Waals surface area contributed by atoms with Crippen molar-refractivity contribution in [3.8, 4) is 0 Å². The van der Waals surface area contributed by atoms with Crippen LogP contribution in [0.15, 0.2) is 24.3 Å². The van der Waals surface area contributed by atoms with Crippen molar-refractivity contribution < 1.29 is 9.90 Å². The zero-order valence-electron chi connectivity index (χ0n) is 12.1. The molecule has 1 amide bonds. The predicted octanol–water partition coefficient (Wildman–Crippen LogP) is 2.31. The molecule has 1 aromatic carbocycles. The standard InChI is InChI=1S/C15H24N2O2/c1-5-13(18)17-12-8-6-11(7-9-12)15(19)14(16-4)10(2)3/h6-10,14-16,19H,5H2,1-4H3,(H,17,18). The van der Waals surface area contributed by atoms with Crippen molar-refractivity contribution in [3.05, 3.63) is 29.8 Å². The van der Waals surface area contributed by atoms with Crippen LogP contribution in [-0.2, 0) is 4.79 Å². The van der Waals surface area contributed by atoms with E-state index in [9.17, 15) is 9.90 Å². The van der Waals surface area contributed by atoms with E-state index in [4.69, 9.17) is 0 Å². The monoisotopic (exact) mass is 264 g/mol. The molecular weight excluding hydrogens is 240 g/mol. The van der Waals surface area contributed by atoms with Gasteiger partial charge in [-0.25, -0.2) is 0 Å². The van der Waals surface area contributed by atoms with Crippen LogP contribution in [0.4, 0.5) is 5.69 Å². The molecule has 0 aliphatic carbocycles. The highest BCUT2D eigenvalue weighted by Gasteiger charge is 2.22. The lowest BCUT2D eigenvalue weighted by atomic mass is 9.93. The number of nitrogens with one attached hydrogen (secondary N) is 2. The molecule has 0 bridgehead atoms. The smallest absolute Gasteiger partial charge is 0.224 e. The van der Waals surface area contributed by atoms with E-state index in [0.29, 0.717) is 12.3 Å². The molecular formula is C15H24N2O2. The first-order valence-corrected chi connectivity index (χ1v) is 6.74. The van der Waals surface area contributed by atoms with Crippen molar-refractivity contribution >= 4 is 11.6 Å². The van der Waals surface area contributed by atoms with Crippen molar-refractivity contribution in [3.63, 3.8) is 0 Å². The molecule has 106 valence electrons. The summed E-state index contributed by atoms with van der Waals surface area (Å²) in [5, 5.41) is 16.2. The van der Waals surface area contributed by atoms with E-state index in [1.807, 2.05) is 38.2 Å². The molecule has 3 N–H and O–H groups in total. The predicted molar refractivity (Wildman–Crippen MR) is 78.0 cm³/mol. The van der Waals surface area contributed by atoms with Gasteiger partial charge in [-0.3, -0.25) is 4.79 Å². The molecule has 0 saturated carbocycles. The zero-order valence-corrected chi connectivity index (χ0v) is 12.1. The number of hydrogen-bond donors (Lipinski definition) is 3. The van der Waals surface area contributed by atoms with E-state index in [2.05, 4.69) is 24.5 Å². The summed E-state index contributed by atoms with van der Waals surface area (Å²) in [4.78, 5) is 11.3. The fourth-order valence-corrected chi connectivity index (χ4v) is 2.08. The molecule has 4 nitrogen and oxygen atoms in total. The van der Waals surface area contributed by atoms with Gasteiger partial charge < -0.3 is 15.7 Å². The summed E-state index contributed by atoms with van der Waals surface area (Å²) in [7, 11) is 1.85. The Morgan fingerprint density at radius 3 is 2.26 bits per heavy atom. The lowest BCUT2D eigenvalue weighted by Crippen LogP contribution is -2.36. The van der Waals surface area contributed by atoms with Crippen LogP contribution < -0.4 is 10.6 Å². The summed E-state index contributed by atoms with van der Waals surface area (Å²) in [5.74, 6) is 0.322. The van der Waals surface area contributed by atoms with Gasteiger partial charge in [-0.1, -0.05) is 32.9 Å². The van der Waals surface area contributed by atoms with Gasteiger partial charge in [0, 0.05) is 18.2 Å². The Kier molecular flexibility index (Phi) is 5.99.